The van der Waals surface area contributed by atoms with Crippen molar-refractivity contribution in [1.29, 1.82) is 0 Å². The Morgan fingerprint density at radius 3 is 2.76 bits per heavy atom. The number of nitrogen functional groups attached to an aromatic ring is 1. The molecule has 3 N–H and O–H groups in total. The molecule has 112 valence electrons. The highest BCUT2D eigenvalue weighted by Gasteiger charge is 2.17. The van der Waals surface area contributed by atoms with Crippen LogP contribution in [0.5, 0.6) is 0 Å². The third-order valence-electron chi connectivity index (χ3n) is 2.96. The molecule has 1 aromatic heterocycles. The number of nitrogens with one attached hydrogen (secondary N) is 1. The van der Waals surface area contributed by atoms with E-state index < -0.39 is 5.82 Å². The van der Waals surface area contributed by atoms with Gasteiger partial charge in [-0.15, -0.1) is 11.3 Å². The molecule has 0 bridgehead atoms. The molecule has 0 radical (unpaired) electrons. The summed E-state index contributed by atoms with van der Waals surface area (Å²) < 4.78 is 13.1. The fourth-order valence-electron chi connectivity index (χ4n) is 1.79. The van der Waals surface area contributed by atoms with Crippen LogP contribution < -0.4 is 11.1 Å². The van der Waals surface area contributed by atoms with E-state index in [1.165, 1.54) is 17.4 Å². The van der Waals surface area contributed by atoms with E-state index in [9.17, 15) is 9.18 Å². The van der Waals surface area contributed by atoms with Crippen LogP contribution in [0.3, 0.4) is 0 Å². The van der Waals surface area contributed by atoms with Gasteiger partial charge in [0.05, 0.1) is 20.6 Å². The summed E-state index contributed by atoms with van der Waals surface area (Å²) >= 11 is 7.07. The van der Waals surface area contributed by atoms with Crippen molar-refractivity contribution in [3.63, 3.8) is 0 Å². The Balaban J connectivity index is 2.08. The van der Waals surface area contributed by atoms with Crippen LogP contribution >= 0.6 is 22.9 Å². The molecule has 0 saturated heterocycles. The molecule has 1 aromatic carbocycles. The minimum absolute atomic E-state index is 0.0374. The number of hydrogen-bond donors (Lipinski definition) is 2. The van der Waals surface area contributed by atoms with Gasteiger partial charge in [0.1, 0.15) is 5.82 Å². The van der Waals surface area contributed by atoms with Crippen molar-refractivity contribution in [3.8, 4) is 0 Å². The summed E-state index contributed by atoms with van der Waals surface area (Å²) in [5, 5.41) is 4.06. The van der Waals surface area contributed by atoms with Crippen molar-refractivity contribution in [2.75, 3.05) is 11.1 Å². The minimum atomic E-state index is -0.439. The van der Waals surface area contributed by atoms with Crippen LogP contribution in [0.2, 0.25) is 5.02 Å². The lowest BCUT2D eigenvalue weighted by atomic mass is 10.1. The quantitative estimate of drug-likeness (QED) is 0.791. The normalized spacial score (nSPS) is 10.9. The first-order valence-electron chi connectivity index (χ1n) is 6.49. The maximum atomic E-state index is 13.1. The van der Waals surface area contributed by atoms with Crippen LogP contribution in [0.1, 0.15) is 29.1 Å². The van der Waals surface area contributed by atoms with E-state index in [0.29, 0.717) is 17.1 Å². The number of anilines is 2. The second-order valence-corrected chi connectivity index (χ2v) is 6.48. The Kier molecular flexibility index (Phi) is 4.85. The summed E-state index contributed by atoms with van der Waals surface area (Å²) in [4.78, 5) is 12.6. The van der Waals surface area contributed by atoms with Crippen molar-refractivity contribution in [1.82, 2.24) is 0 Å². The predicted octanol–water partition coefficient (Wildman–Crippen LogP) is 4.57. The number of ketones is 1. The topological polar surface area (TPSA) is 55.1 Å². The van der Waals surface area contributed by atoms with E-state index in [1.54, 1.807) is 18.2 Å². The smallest absolute Gasteiger partial charge is 0.177 e. The molecule has 0 aliphatic rings. The fourth-order valence-corrected chi connectivity index (χ4v) is 3.05. The number of carbonyl (C=O) groups is 1. The second kappa shape index (κ2) is 6.45. The molecule has 0 aliphatic heterocycles. The van der Waals surface area contributed by atoms with Gasteiger partial charge in [0, 0.05) is 12.5 Å². The SMILES string of the molecule is CC(C)C(=O)c1sc(NCc2ccc(F)c(Cl)c2)cc1N. The van der Waals surface area contributed by atoms with Gasteiger partial charge in [0.15, 0.2) is 5.78 Å². The number of thiophene rings is 1. The molecule has 6 heteroatoms. The van der Waals surface area contributed by atoms with E-state index in [4.69, 9.17) is 17.3 Å². The molecule has 1 heterocycles. The first kappa shape index (κ1) is 15.8. The maximum absolute atomic E-state index is 13.1. The standard InChI is InChI=1S/C15H16ClFN2OS/c1-8(2)14(20)15-12(18)6-13(21-15)19-7-9-3-4-11(17)10(16)5-9/h3-6,8,19H,7,18H2,1-2H3. The van der Waals surface area contributed by atoms with Gasteiger partial charge in [0.25, 0.3) is 0 Å². The molecule has 0 amide bonds. The third kappa shape index (κ3) is 3.74. The van der Waals surface area contributed by atoms with Crippen LogP contribution in [-0.2, 0) is 6.54 Å². The summed E-state index contributed by atoms with van der Waals surface area (Å²) in [6.45, 7) is 4.17. The molecule has 0 spiro atoms. The minimum Gasteiger partial charge on any atom is -0.397 e. The zero-order valence-corrected chi connectivity index (χ0v) is 13.3. The van der Waals surface area contributed by atoms with Gasteiger partial charge in [-0.1, -0.05) is 31.5 Å². The highest BCUT2D eigenvalue weighted by Crippen LogP contribution is 2.31. The first-order valence-corrected chi connectivity index (χ1v) is 7.69. The third-order valence-corrected chi connectivity index (χ3v) is 4.37. The van der Waals surface area contributed by atoms with Crippen molar-refractivity contribution in [3.05, 3.63) is 45.5 Å². The van der Waals surface area contributed by atoms with Gasteiger partial charge in [-0.05, 0) is 23.8 Å². The average Bonchev–Trinajstić information content (AvgIpc) is 2.80. The van der Waals surface area contributed by atoms with Crippen molar-refractivity contribution >= 4 is 39.4 Å². The summed E-state index contributed by atoms with van der Waals surface area (Å²) in [7, 11) is 0. The lowest BCUT2D eigenvalue weighted by molar-refractivity contribution is 0.0944. The van der Waals surface area contributed by atoms with Gasteiger partial charge in [-0.2, -0.15) is 0 Å². The molecule has 21 heavy (non-hydrogen) atoms. The second-order valence-electron chi connectivity index (χ2n) is 5.02. The zero-order valence-electron chi connectivity index (χ0n) is 11.7. The molecule has 0 aliphatic carbocycles. The molecule has 0 atom stereocenters. The largest absolute Gasteiger partial charge is 0.397 e. The van der Waals surface area contributed by atoms with Crippen LogP contribution in [0, 0.1) is 11.7 Å². The molecule has 3 nitrogen and oxygen atoms in total. The van der Waals surface area contributed by atoms with Gasteiger partial charge < -0.3 is 11.1 Å². The Morgan fingerprint density at radius 1 is 1.43 bits per heavy atom. The van der Waals surface area contributed by atoms with Crippen molar-refractivity contribution in [2.24, 2.45) is 5.92 Å². The van der Waals surface area contributed by atoms with Crippen LogP contribution in [-0.4, -0.2) is 5.78 Å². The Bertz CT molecular complexity index is 670. The number of carbonyl (C=O) groups excluding carboxylic acids is 1. The Morgan fingerprint density at radius 2 is 2.14 bits per heavy atom. The first-order chi connectivity index (χ1) is 9.88. The number of hydrogen-bond acceptors (Lipinski definition) is 4. The average molecular weight is 327 g/mol. The van der Waals surface area contributed by atoms with Gasteiger partial charge >= 0.3 is 0 Å². The van der Waals surface area contributed by atoms with Crippen molar-refractivity contribution in [2.45, 2.75) is 20.4 Å². The van der Waals surface area contributed by atoms with E-state index in [2.05, 4.69) is 5.32 Å². The summed E-state index contributed by atoms with van der Waals surface area (Å²) in [6.07, 6.45) is 0. The Hall–Kier alpha value is -1.59. The number of rotatable bonds is 5. The summed E-state index contributed by atoms with van der Waals surface area (Å²) in [5.41, 5.74) is 7.21. The van der Waals surface area contributed by atoms with Crippen LogP contribution in [0.25, 0.3) is 0 Å². The molecule has 2 aromatic rings. The number of halogens is 2. The predicted molar refractivity (Wildman–Crippen MR) is 86.6 cm³/mol. The van der Waals surface area contributed by atoms with Gasteiger partial charge in [-0.3, -0.25) is 4.79 Å². The van der Waals surface area contributed by atoms with Crippen LogP contribution in [0.15, 0.2) is 24.3 Å². The summed E-state index contributed by atoms with van der Waals surface area (Å²) in [6, 6.07) is 6.30. The molecular weight excluding hydrogens is 311 g/mol. The molecule has 0 unspecified atom stereocenters. The van der Waals surface area contributed by atoms with Crippen molar-refractivity contribution < 1.29 is 9.18 Å². The monoisotopic (exact) mass is 326 g/mol. The van der Waals surface area contributed by atoms with E-state index >= 15 is 0 Å². The van der Waals surface area contributed by atoms with Gasteiger partial charge in [-0.25, -0.2) is 4.39 Å². The van der Waals surface area contributed by atoms with E-state index in [1.807, 2.05) is 13.8 Å². The van der Waals surface area contributed by atoms with E-state index in [-0.39, 0.29) is 16.7 Å². The molecular formula is C15H16ClFN2OS. The molecule has 0 saturated carbocycles. The lowest BCUT2D eigenvalue weighted by Crippen LogP contribution is -2.07. The fraction of sp³-hybridized carbons (Fsp3) is 0.267. The van der Waals surface area contributed by atoms with Gasteiger partial charge in [0.2, 0.25) is 0 Å². The van der Waals surface area contributed by atoms with Crippen LogP contribution in [0.4, 0.5) is 15.1 Å². The zero-order chi connectivity index (χ0) is 15.6. The number of nitrogens with two attached hydrogens (primary N) is 1. The highest BCUT2D eigenvalue weighted by molar-refractivity contribution is 7.18. The molecule has 0 fully saturated rings. The molecule has 2 rings (SSSR count). The summed E-state index contributed by atoms with van der Waals surface area (Å²) in [5.74, 6) is -0.490. The number of Topliss-reactive ketones (excluding diaryl/α,β-unsaturated/α-hetero) is 1. The maximum Gasteiger partial charge on any atom is 0.177 e. The Labute approximate surface area is 131 Å². The highest BCUT2D eigenvalue weighted by atomic mass is 35.5. The lowest BCUT2D eigenvalue weighted by Gasteiger charge is -2.04. The number of benzene rings is 1. The van der Waals surface area contributed by atoms with E-state index in [0.717, 1.165) is 10.6 Å².